The van der Waals surface area contributed by atoms with Crippen LogP contribution < -0.4 is 5.01 Å². The standard InChI is InChI=1S/C10H7F3N2O4S/c11-10(12,13)8-5-9(16)15(14-8)6-1-3-7(4-2-6)20(17,18)19/h1-4H,5H2,(H,17,18,19). The zero-order chi connectivity index (χ0) is 15.1. The van der Waals surface area contributed by atoms with Gasteiger partial charge in [0.1, 0.15) is 0 Å². The Morgan fingerprint density at radius 2 is 1.75 bits per heavy atom. The molecule has 0 saturated heterocycles. The maximum Gasteiger partial charge on any atom is 0.431 e. The summed E-state index contributed by atoms with van der Waals surface area (Å²) in [6.45, 7) is 0. The van der Waals surface area contributed by atoms with E-state index in [1.54, 1.807) is 0 Å². The van der Waals surface area contributed by atoms with Gasteiger partial charge in [-0.2, -0.15) is 26.7 Å². The third kappa shape index (κ3) is 2.80. The number of benzene rings is 1. The Morgan fingerprint density at radius 1 is 1.20 bits per heavy atom. The van der Waals surface area contributed by atoms with Crippen molar-refractivity contribution in [3.8, 4) is 0 Å². The molecule has 1 amide bonds. The monoisotopic (exact) mass is 308 g/mol. The van der Waals surface area contributed by atoms with E-state index in [9.17, 15) is 26.4 Å². The van der Waals surface area contributed by atoms with Crippen LogP contribution in [-0.2, 0) is 14.9 Å². The van der Waals surface area contributed by atoms with Gasteiger partial charge in [0.25, 0.3) is 16.0 Å². The van der Waals surface area contributed by atoms with Crippen LogP contribution in [0.3, 0.4) is 0 Å². The molecule has 108 valence electrons. The topological polar surface area (TPSA) is 87.0 Å². The maximum absolute atomic E-state index is 12.4. The Hall–Kier alpha value is -1.94. The van der Waals surface area contributed by atoms with Gasteiger partial charge in [0.2, 0.25) is 0 Å². The maximum atomic E-state index is 12.4. The molecule has 1 aliphatic heterocycles. The quantitative estimate of drug-likeness (QED) is 0.840. The minimum absolute atomic E-state index is 0.0262. The molecule has 0 spiro atoms. The Balaban J connectivity index is 2.33. The number of amides is 1. The lowest BCUT2D eigenvalue weighted by Gasteiger charge is -2.11. The van der Waals surface area contributed by atoms with Gasteiger partial charge in [0, 0.05) is 0 Å². The van der Waals surface area contributed by atoms with E-state index < -0.39 is 39.2 Å². The van der Waals surface area contributed by atoms with Crippen molar-refractivity contribution >= 4 is 27.4 Å². The lowest BCUT2D eigenvalue weighted by atomic mass is 10.2. The predicted molar refractivity (Wildman–Crippen MR) is 61.8 cm³/mol. The van der Waals surface area contributed by atoms with E-state index in [0.717, 1.165) is 24.3 Å². The Morgan fingerprint density at radius 3 is 2.15 bits per heavy atom. The molecule has 0 radical (unpaired) electrons. The molecule has 1 heterocycles. The first kappa shape index (κ1) is 14.5. The van der Waals surface area contributed by atoms with Crippen molar-refractivity contribution in [2.45, 2.75) is 17.5 Å². The molecule has 0 aliphatic carbocycles. The summed E-state index contributed by atoms with van der Waals surface area (Å²) >= 11 is 0. The van der Waals surface area contributed by atoms with Crippen molar-refractivity contribution in [2.24, 2.45) is 5.10 Å². The molecule has 1 aromatic rings. The number of halogens is 3. The van der Waals surface area contributed by atoms with Gasteiger partial charge >= 0.3 is 6.18 Å². The minimum atomic E-state index is -4.70. The highest BCUT2D eigenvalue weighted by atomic mass is 32.2. The summed E-state index contributed by atoms with van der Waals surface area (Å²) in [6, 6.07) is 4.06. The smallest absolute Gasteiger partial charge is 0.282 e. The molecule has 0 unspecified atom stereocenters. The first-order valence-corrected chi connectivity index (χ1v) is 6.58. The Bertz CT molecular complexity index is 679. The molecule has 10 heteroatoms. The molecular formula is C10H7F3N2O4S. The number of hydrogen-bond acceptors (Lipinski definition) is 4. The fourth-order valence-electron chi connectivity index (χ4n) is 1.55. The van der Waals surface area contributed by atoms with E-state index >= 15 is 0 Å². The fraction of sp³-hybridized carbons (Fsp3) is 0.200. The van der Waals surface area contributed by atoms with Gasteiger partial charge in [-0.25, -0.2) is 5.01 Å². The van der Waals surface area contributed by atoms with Crippen LogP contribution in [0.4, 0.5) is 18.9 Å². The zero-order valence-electron chi connectivity index (χ0n) is 9.63. The van der Waals surface area contributed by atoms with Crippen LogP contribution >= 0.6 is 0 Å². The second-order valence-corrected chi connectivity index (χ2v) is 5.32. The van der Waals surface area contributed by atoms with E-state index in [-0.39, 0.29) is 5.69 Å². The largest absolute Gasteiger partial charge is 0.431 e. The average molecular weight is 308 g/mol. The fourth-order valence-corrected chi connectivity index (χ4v) is 2.03. The summed E-state index contributed by atoms with van der Waals surface area (Å²) in [5.74, 6) is -0.878. The lowest BCUT2D eigenvalue weighted by molar-refractivity contribution is -0.117. The summed E-state index contributed by atoms with van der Waals surface area (Å²) in [7, 11) is -4.41. The summed E-state index contributed by atoms with van der Waals surface area (Å²) in [4.78, 5) is 11.0. The van der Waals surface area contributed by atoms with Gasteiger partial charge < -0.3 is 0 Å². The number of alkyl halides is 3. The molecule has 1 aliphatic rings. The molecule has 2 rings (SSSR count). The Labute approximate surface area is 111 Å². The summed E-state index contributed by atoms with van der Waals surface area (Å²) < 4.78 is 67.6. The van der Waals surface area contributed by atoms with E-state index in [4.69, 9.17) is 4.55 Å². The molecule has 0 aromatic heterocycles. The molecule has 1 aromatic carbocycles. The molecule has 6 nitrogen and oxygen atoms in total. The van der Waals surface area contributed by atoms with Crippen molar-refractivity contribution in [3.05, 3.63) is 24.3 Å². The normalized spacial score (nSPS) is 16.5. The van der Waals surface area contributed by atoms with E-state index in [2.05, 4.69) is 5.10 Å². The first-order valence-electron chi connectivity index (χ1n) is 5.14. The second kappa shape index (κ2) is 4.56. The van der Waals surface area contributed by atoms with Gasteiger partial charge in [0.15, 0.2) is 5.71 Å². The van der Waals surface area contributed by atoms with Gasteiger partial charge in [-0.3, -0.25) is 9.35 Å². The minimum Gasteiger partial charge on any atom is -0.282 e. The second-order valence-electron chi connectivity index (χ2n) is 3.90. The van der Waals surface area contributed by atoms with Crippen LogP contribution in [0.2, 0.25) is 0 Å². The van der Waals surface area contributed by atoms with Crippen molar-refractivity contribution in [2.75, 3.05) is 5.01 Å². The van der Waals surface area contributed by atoms with Crippen molar-refractivity contribution in [3.63, 3.8) is 0 Å². The van der Waals surface area contributed by atoms with Gasteiger partial charge in [-0.05, 0) is 24.3 Å². The van der Waals surface area contributed by atoms with Crippen LogP contribution in [0, 0.1) is 0 Å². The van der Waals surface area contributed by atoms with Crippen molar-refractivity contribution in [1.29, 1.82) is 0 Å². The SMILES string of the molecule is O=C1CC(C(F)(F)F)=NN1c1ccc(S(=O)(=O)O)cc1. The molecular weight excluding hydrogens is 301 g/mol. The first-order chi connectivity index (χ1) is 9.09. The van der Waals surface area contributed by atoms with Crippen LogP contribution in [0.15, 0.2) is 34.3 Å². The summed E-state index contributed by atoms with van der Waals surface area (Å²) in [6.07, 6.45) is -5.57. The number of anilines is 1. The molecule has 0 atom stereocenters. The molecule has 0 bridgehead atoms. The van der Waals surface area contributed by atoms with Gasteiger partial charge in [0.05, 0.1) is 17.0 Å². The van der Waals surface area contributed by atoms with E-state index in [0.29, 0.717) is 5.01 Å². The lowest BCUT2D eigenvalue weighted by Crippen LogP contribution is -2.22. The van der Waals surface area contributed by atoms with E-state index in [1.807, 2.05) is 0 Å². The van der Waals surface area contributed by atoms with Crippen LogP contribution in [-0.4, -0.2) is 30.8 Å². The van der Waals surface area contributed by atoms with Crippen LogP contribution in [0.25, 0.3) is 0 Å². The van der Waals surface area contributed by atoms with Crippen LogP contribution in [0.1, 0.15) is 6.42 Å². The van der Waals surface area contributed by atoms with Crippen molar-refractivity contribution < 1.29 is 30.9 Å². The van der Waals surface area contributed by atoms with Crippen molar-refractivity contribution in [1.82, 2.24) is 0 Å². The number of carbonyl (C=O) groups is 1. The highest BCUT2D eigenvalue weighted by Crippen LogP contribution is 2.28. The third-order valence-electron chi connectivity index (χ3n) is 2.48. The summed E-state index contributed by atoms with van der Waals surface area (Å²) in [5, 5.41) is 3.70. The number of hydrogen-bond donors (Lipinski definition) is 1. The predicted octanol–water partition coefficient (Wildman–Crippen LogP) is 1.59. The highest BCUT2D eigenvalue weighted by molar-refractivity contribution is 7.85. The number of rotatable bonds is 2. The highest BCUT2D eigenvalue weighted by Gasteiger charge is 2.42. The average Bonchev–Trinajstić information content (AvgIpc) is 2.70. The van der Waals surface area contributed by atoms with E-state index in [1.165, 1.54) is 0 Å². The summed E-state index contributed by atoms with van der Waals surface area (Å²) in [5.41, 5.74) is -1.25. The zero-order valence-corrected chi connectivity index (χ0v) is 10.4. The third-order valence-corrected chi connectivity index (χ3v) is 3.35. The molecule has 20 heavy (non-hydrogen) atoms. The number of hydrazone groups is 1. The molecule has 1 N–H and O–H groups in total. The number of nitrogens with zero attached hydrogens (tertiary/aromatic N) is 2. The Kier molecular flexibility index (Phi) is 3.30. The number of carbonyl (C=O) groups excluding carboxylic acids is 1. The molecule has 0 fully saturated rings. The molecule has 0 saturated carbocycles. The van der Waals surface area contributed by atoms with Gasteiger partial charge in [-0.15, -0.1) is 0 Å². The van der Waals surface area contributed by atoms with Crippen LogP contribution in [0.5, 0.6) is 0 Å². The van der Waals surface area contributed by atoms with Gasteiger partial charge in [-0.1, -0.05) is 0 Å².